The topological polar surface area (TPSA) is 71.1 Å². The van der Waals surface area contributed by atoms with E-state index in [0.29, 0.717) is 5.69 Å². The normalized spacial score (nSPS) is 11.4. The van der Waals surface area contributed by atoms with E-state index in [-0.39, 0.29) is 12.1 Å². The molecule has 3 aromatic rings. The smallest absolute Gasteiger partial charge is 0.343 e. The molecule has 0 aliphatic rings. The molecule has 0 aliphatic heterocycles. The highest BCUT2D eigenvalue weighted by molar-refractivity contribution is 7.18. The molecule has 0 radical (unpaired) electrons. The van der Waals surface area contributed by atoms with Crippen molar-refractivity contribution in [3.05, 3.63) is 58.6 Å². The fourth-order valence-electron chi connectivity index (χ4n) is 2.40. The third-order valence-corrected chi connectivity index (χ3v) is 4.60. The van der Waals surface area contributed by atoms with Gasteiger partial charge in [0.1, 0.15) is 0 Å². The number of aryl methyl sites for hydroxylation is 1. The number of halogens is 3. The molecule has 0 bridgehead atoms. The van der Waals surface area contributed by atoms with Crippen molar-refractivity contribution in [3.8, 4) is 0 Å². The van der Waals surface area contributed by atoms with Crippen molar-refractivity contribution in [1.29, 1.82) is 0 Å². The number of anilines is 1. The number of benzene rings is 2. The van der Waals surface area contributed by atoms with Crippen molar-refractivity contribution in [2.45, 2.75) is 13.1 Å². The number of nitrogens with zero attached hydrogens (tertiary/aromatic N) is 1. The Morgan fingerprint density at radius 3 is 2.48 bits per heavy atom. The Balaban J connectivity index is 1.57. The van der Waals surface area contributed by atoms with E-state index in [4.69, 9.17) is 0 Å². The van der Waals surface area contributed by atoms with Gasteiger partial charge >= 0.3 is 6.18 Å². The van der Waals surface area contributed by atoms with Gasteiger partial charge in [-0.3, -0.25) is 9.59 Å². The van der Waals surface area contributed by atoms with Crippen LogP contribution in [0.3, 0.4) is 0 Å². The van der Waals surface area contributed by atoms with Crippen molar-refractivity contribution in [1.82, 2.24) is 10.3 Å². The van der Waals surface area contributed by atoms with Crippen molar-refractivity contribution >= 4 is 39.1 Å². The third-order valence-electron chi connectivity index (χ3n) is 3.66. The first-order chi connectivity index (χ1) is 12.7. The first kappa shape index (κ1) is 18.8. The van der Waals surface area contributed by atoms with E-state index < -0.39 is 23.6 Å². The molecule has 2 N–H and O–H groups in total. The maximum atomic E-state index is 12.5. The van der Waals surface area contributed by atoms with E-state index >= 15 is 0 Å². The fourth-order valence-corrected chi connectivity index (χ4v) is 3.26. The summed E-state index contributed by atoms with van der Waals surface area (Å²) >= 11 is 1.50. The number of hydrogen-bond acceptors (Lipinski definition) is 4. The molecule has 0 atom stereocenters. The third kappa shape index (κ3) is 4.62. The van der Waals surface area contributed by atoms with E-state index in [2.05, 4.69) is 15.6 Å². The number of nitrogens with one attached hydrogen (secondary N) is 2. The van der Waals surface area contributed by atoms with Gasteiger partial charge in [-0.15, -0.1) is 11.3 Å². The molecule has 140 valence electrons. The van der Waals surface area contributed by atoms with Gasteiger partial charge in [-0.25, -0.2) is 4.98 Å². The molecule has 9 heteroatoms. The summed E-state index contributed by atoms with van der Waals surface area (Å²) in [7, 11) is 0. The number of amides is 2. The van der Waals surface area contributed by atoms with Crippen LogP contribution in [0.5, 0.6) is 0 Å². The molecule has 27 heavy (non-hydrogen) atoms. The molecule has 0 fully saturated rings. The SMILES string of the molecule is Cc1nc2ccc(NC(=O)CNC(=O)c3ccc(C(F)(F)F)cc3)cc2s1. The molecule has 3 rings (SSSR count). The Kier molecular flexibility index (Phi) is 5.13. The number of fused-ring (bicyclic) bond motifs is 1. The number of rotatable bonds is 4. The summed E-state index contributed by atoms with van der Waals surface area (Å²) in [5.41, 5.74) is 0.605. The van der Waals surface area contributed by atoms with Crippen molar-refractivity contribution in [3.63, 3.8) is 0 Å². The molecule has 0 spiro atoms. The summed E-state index contributed by atoms with van der Waals surface area (Å²) in [6.07, 6.45) is -4.47. The number of carbonyl (C=O) groups is 2. The molecule has 0 saturated carbocycles. The highest BCUT2D eigenvalue weighted by atomic mass is 32.1. The average molecular weight is 393 g/mol. The second kappa shape index (κ2) is 7.36. The van der Waals surface area contributed by atoms with Crippen LogP contribution in [0, 0.1) is 6.92 Å². The van der Waals surface area contributed by atoms with Gasteiger partial charge in [-0.05, 0) is 49.4 Å². The van der Waals surface area contributed by atoms with E-state index in [1.54, 1.807) is 18.2 Å². The predicted octanol–water partition coefficient (Wildman–Crippen LogP) is 3.99. The number of carbonyl (C=O) groups excluding carboxylic acids is 2. The van der Waals surface area contributed by atoms with Crippen LogP contribution in [0.4, 0.5) is 18.9 Å². The lowest BCUT2D eigenvalue weighted by Crippen LogP contribution is -2.32. The lowest BCUT2D eigenvalue weighted by Gasteiger charge is -2.09. The summed E-state index contributed by atoms with van der Waals surface area (Å²) in [6, 6.07) is 9.05. The Labute approximate surface area is 156 Å². The summed E-state index contributed by atoms with van der Waals surface area (Å²) in [6.45, 7) is 1.58. The average Bonchev–Trinajstić information content (AvgIpc) is 2.98. The van der Waals surface area contributed by atoms with Crippen LogP contribution < -0.4 is 10.6 Å². The largest absolute Gasteiger partial charge is 0.416 e. The highest BCUT2D eigenvalue weighted by Gasteiger charge is 2.30. The Morgan fingerprint density at radius 1 is 1.11 bits per heavy atom. The highest BCUT2D eigenvalue weighted by Crippen LogP contribution is 2.29. The summed E-state index contributed by atoms with van der Waals surface area (Å²) in [5.74, 6) is -1.08. The van der Waals surface area contributed by atoms with Crippen molar-refractivity contribution in [2.75, 3.05) is 11.9 Å². The molecular weight excluding hydrogens is 379 g/mol. The molecular formula is C18H14F3N3O2S. The molecule has 2 amide bonds. The van der Waals surface area contributed by atoms with Gasteiger partial charge < -0.3 is 10.6 Å². The lowest BCUT2D eigenvalue weighted by molar-refractivity contribution is -0.137. The first-order valence-electron chi connectivity index (χ1n) is 7.85. The monoisotopic (exact) mass is 393 g/mol. The molecule has 0 unspecified atom stereocenters. The maximum absolute atomic E-state index is 12.5. The number of thiazole rings is 1. The number of alkyl halides is 3. The van der Waals surface area contributed by atoms with Crippen molar-refractivity contribution in [2.24, 2.45) is 0 Å². The zero-order chi connectivity index (χ0) is 19.6. The van der Waals surface area contributed by atoms with Gasteiger partial charge in [0.05, 0.1) is 27.3 Å². The number of hydrogen-bond donors (Lipinski definition) is 2. The number of aromatic nitrogens is 1. The van der Waals surface area contributed by atoms with Crippen LogP contribution >= 0.6 is 11.3 Å². The molecule has 5 nitrogen and oxygen atoms in total. The summed E-state index contributed by atoms with van der Waals surface area (Å²) < 4.78 is 38.5. The van der Waals surface area contributed by atoms with Crippen LogP contribution in [0.25, 0.3) is 10.2 Å². The fraction of sp³-hybridized carbons (Fsp3) is 0.167. The first-order valence-corrected chi connectivity index (χ1v) is 8.66. The van der Waals surface area contributed by atoms with E-state index in [1.807, 2.05) is 6.92 Å². The van der Waals surface area contributed by atoms with Crippen LogP contribution in [-0.2, 0) is 11.0 Å². The van der Waals surface area contributed by atoms with Gasteiger partial charge in [-0.1, -0.05) is 0 Å². The summed E-state index contributed by atoms with van der Waals surface area (Å²) in [4.78, 5) is 28.3. The minimum atomic E-state index is -4.47. The minimum Gasteiger partial charge on any atom is -0.343 e. The quantitative estimate of drug-likeness (QED) is 0.704. The Hall–Kier alpha value is -2.94. The second-order valence-electron chi connectivity index (χ2n) is 5.72. The Morgan fingerprint density at radius 2 is 1.81 bits per heavy atom. The predicted molar refractivity (Wildman–Crippen MR) is 96.8 cm³/mol. The van der Waals surface area contributed by atoms with Gasteiger partial charge in [0.15, 0.2) is 0 Å². The Bertz CT molecular complexity index is 997. The van der Waals surface area contributed by atoms with Crippen LogP contribution in [0.2, 0.25) is 0 Å². The molecule has 0 saturated heterocycles. The molecule has 1 aromatic heterocycles. The lowest BCUT2D eigenvalue weighted by atomic mass is 10.1. The van der Waals surface area contributed by atoms with E-state index in [0.717, 1.165) is 39.5 Å². The van der Waals surface area contributed by atoms with E-state index in [9.17, 15) is 22.8 Å². The van der Waals surface area contributed by atoms with Crippen LogP contribution in [0.1, 0.15) is 20.9 Å². The molecule has 0 aliphatic carbocycles. The minimum absolute atomic E-state index is 0.0392. The van der Waals surface area contributed by atoms with E-state index in [1.165, 1.54) is 11.3 Å². The summed E-state index contributed by atoms with van der Waals surface area (Å²) in [5, 5.41) is 5.95. The second-order valence-corrected chi connectivity index (χ2v) is 6.96. The van der Waals surface area contributed by atoms with Crippen LogP contribution in [-0.4, -0.2) is 23.3 Å². The van der Waals surface area contributed by atoms with Gasteiger partial charge in [-0.2, -0.15) is 13.2 Å². The molecule has 2 aromatic carbocycles. The standard InChI is InChI=1S/C18H14F3N3O2S/c1-10-23-14-7-6-13(8-15(14)27-10)24-16(25)9-22-17(26)11-2-4-12(5-3-11)18(19,20)21/h2-8H,9H2,1H3,(H,22,26)(H,24,25). The zero-order valence-electron chi connectivity index (χ0n) is 14.1. The zero-order valence-corrected chi connectivity index (χ0v) is 14.9. The van der Waals surface area contributed by atoms with Crippen LogP contribution in [0.15, 0.2) is 42.5 Å². The van der Waals surface area contributed by atoms with Gasteiger partial charge in [0.2, 0.25) is 5.91 Å². The molecule has 1 heterocycles. The van der Waals surface area contributed by atoms with Gasteiger partial charge in [0, 0.05) is 11.3 Å². The van der Waals surface area contributed by atoms with Gasteiger partial charge in [0.25, 0.3) is 5.91 Å². The van der Waals surface area contributed by atoms with Crippen molar-refractivity contribution < 1.29 is 22.8 Å². The maximum Gasteiger partial charge on any atom is 0.416 e.